The number of unbranched alkanes of at least 4 members (excludes halogenated alkanes) is 18. The SMILES string of the molecule is CCCCCCCCCCCCc1coc2cc3ccc4c5cc6c(CCCCCCCCCCCC)coc6cc5ccc4c3cc12. The van der Waals surface area contributed by atoms with Gasteiger partial charge >= 0.3 is 0 Å². The molecule has 0 radical (unpaired) electrons. The molecule has 0 amide bonds. The van der Waals surface area contributed by atoms with Crippen LogP contribution in [0.15, 0.2) is 69.9 Å². The maximum absolute atomic E-state index is 6.10. The van der Waals surface area contributed by atoms with Crippen molar-refractivity contribution in [2.75, 3.05) is 0 Å². The van der Waals surface area contributed by atoms with Crippen LogP contribution in [-0.4, -0.2) is 0 Å². The molecule has 0 saturated carbocycles. The molecule has 48 heavy (non-hydrogen) atoms. The van der Waals surface area contributed by atoms with Gasteiger partial charge in [0.25, 0.3) is 0 Å². The summed E-state index contributed by atoms with van der Waals surface area (Å²) in [6.07, 6.45) is 33.6. The van der Waals surface area contributed by atoms with Crippen LogP contribution in [0, 0.1) is 0 Å². The van der Waals surface area contributed by atoms with Crippen molar-refractivity contribution in [3.63, 3.8) is 0 Å². The molecule has 2 nitrogen and oxygen atoms in total. The maximum Gasteiger partial charge on any atom is 0.134 e. The molecule has 0 fully saturated rings. The van der Waals surface area contributed by atoms with Crippen molar-refractivity contribution >= 4 is 54.3 Å². The van der Waals surface area contributed by atoms with E-state index in [0.29, 0.717) is 0 Å². The number of hydrogen-bond acceptors (Lipinski definition) is 2. The van der Waals surface area contributed by atoms with Gasteiger partial charge in [0.2, 0.25) is 0 Å². The number of furan rings is 2. The Kier molecular flexibility index (Phi) is 12.9. The van der Waals surface area contributed by atoms with Gasteiger partial charge in [-0.15, -0.1) is 0 Å². The predicted molar refractivity (Wildman–Crippen MR) is 210 cm³/mol. The van der Waals surface area contributed by atoms with Gasteiger partial charge in [-0.1, -0.05) is 154 Å². The molecule has 2 aromatic heterocycles. The second-order valence-electron chi connectivity index (χ2n) is 14.8. The average molecular weight is 645 g/mol. The van der Waals surface area contributed by atoms with Crippen molar-refractivity contribution in [1.82, 2.24) is 0 Å². The van der Waals surface area contributed by atoms with Gasteiger partial charge in [0, 0.05) is 10.8 Å². The second kappa shape index (κ2) is 17.9. The van der Waals surface area contributed by atoms with Crippen molar-refractivity contribution in [3.05, 3.63) is 72.2 Å². The normalized spacial score (nSPS) is 12.1. The molecule has 0 aliphatic rings. The minimum atomic E-state index is 1.02. The third kappa shape index (κ3) is 8.66. The molecule has 0 saturated heterocycles. The summed E-state index contributed by atoms with van der Waals surface area (Å²) in [4.78, 5) is 0. The fourth-order valence-electron chi connectivity index (χ4n) is 8.01. The minimum absolute atomic E-state index is 1.02. The Labute approximate surface area is 289 Å². The second-order valence-corrected chi connectivity index (χ2v) is 14.8. The van der Waals surface area contributed by atoms with Gasteiger partial charge in [-0.25, -0.2) is 0 Å². The Bertz CT molecular complexity index is 1730. The molecule has 6 rings (SSSR count). The van der Waals surface area contributed by atoms with Gasteiger partial charge in [-0.05, 0) is 93.4 Å². The summed E-state index contributed by atoms with van der Waals surface area (Å²) in [5.74, 6) is 0. The summed E-state index contributed by atoms with van der Waals surface area (Å²) in [5.41, 5.74) is 4.75. The van der Waals surface area contributed by atoms with Crippen LogP contribution in [0.2, 0.25) is 0 Å². The summed E-state index contributed by atoms with van der Waals surface area (Å²) in [5, 5.41) is 10.4. The molecular formula is C46H60O2. The van der Waals surface area contributed by atoms with E-state index in [1.165, 1.54) is 183 Å². The van der Waals surface area contributed by atoms with E-state index in [4.69, 9.17) is 8.83 Å². The molecule has 2 heterocycles. The molecule has 0 atom stereocenters. The Hall–Kier alpha value is -3.26. The molecular weight excluding hydrogens is 585 g/mol. The van der Waals surface area contributed by atoms with Crippen LogP contribution < -0.4 is 0 Å². The first-order valence-electron chi connectivity index (χ1n) is 20.0. The van der Waals surface area contributed by atoms with Gasteiger partial charge in [-0.3, -0.25) is 0 Å². The Balaban J connectivity index is 1.11. The molecule has 256 valence electrons. The van der Waals surface area contributed by atoms with Crippen molar-refractivity contribution < 1.29 is 8.83 Å². The highest BCUT2D eigenvalue weighted by Crippen LogP contribution is 2.37. The van der Waals surface area contributed by atoms with Crippen LogP contribution in [0.1, 0.15) is 153 Å². The minimum Gasteiger partial charge on any atom is -0.464 e. The number of benzene rings is 4. The highest BCUT2D eigenvalue weighted by Gasteiger charge is 2.13. The van der Waals surface area contributed by atoms with Crippen LogP contribution in [0.4, 0.5) is 0 Å². The molecule has 4 aromatic carbocycles. The summed E-state index contributed by atoms with van der Waals surface area (Å²) in [7, 11) is 0. The van der Waals surface area contributed by atoms with Gasteiger partial charge in [-0.2, -0.15) is 0 Å². The Morgan fingerprint density at radius 1 is 0.354 bits per heavy atom. The first-order valence-corrected chi connectivity index (χ1v) is 20.0. The van der Waals surface area contributed by atoms with E-state index >= 15 is 0 Å². The summed E-state index contributed by atoms with van der Waals surface area (Å²) in [6.45, 7) is 4.59. The lowest BCUT2D eigenvalue weighted by Gasteiger charge is -2.09. The monoisotopic (exact) mass is 644 g/mol. The molecule has 6 aromatic rings. The third-order valence-electron chi connectivity index (χ3n) is 11.0. The largest absolute Gasteiger partial charge is 0.464 e. The molecule has 0 N–H and O–H groups in total. The highest BCUT2D eigenvalue weighted by atomic mass is 16.3. The lowest BCUT2D eigenvalue weighted by atomic mass is 9.94. The van der Waals surface area contributed by atoms with Gasteiger partial charge in [0.15, 0.2) is 0 Å². The first kappa shape index (κ1) is 34.6. The third-order valence-corrected chi connectivity index (χ3v) is 11.0. The van der Waals surface area contributed by atoms with E-state index in [2.05, 4.69) is 62.4 Å². The zero-order chi connectivity index (χ0) is 33.0. The van der Waals surface area contributed by atoms with E-state index in [1.807, 2.05) is 12.5 Å². The van der Waals surface area contributed by atoms with Crippen LogP contribution in [0.5, 0.6) is 0 Å². The van der Waals surface area contributed by atoms with Crippen LogP contribution in [-0.2, 0) is 12.8 Å². The van der Waals surface area contributed by atoms with Gasteiger partial charge in [0.1, 0.15) is 11.2 Å². The highest BCUT2D eigenvalue weighted by molar-refractivity contribution is 6.20. The van der Waals surface area contributed by atoms with Crippen molar-refractivity contribution in [2.24, 2.45) is 0 Å². The first-order chi connectivity index (χ1) is 23.8. The quantitative estimate of drug-likeness (QED) is 0.0543. The van der Waals surface area contributed by atoms with E-state index < -0.39 is 0 Å². The summed E-state index contributed by atoms with van der Waals surface area (Å²) < 4.78 is 12.2. The molecule has 0 bridgehead atoms. The van der Waals surface area contributed by atoms with Crippen molar-refractivity contribution in [2.45, 2.75) is 155 Å². The number of hydrogen-bond donors (Lipinski definition) is 0. The lowest BCUT2D eigenvalue weighted by molar-refractivity contribution is 0.555. The zero-order valence-corrected chi connectivity index (χ0v) is 30.1. The smallest absolute Gasteiger partial charge is 0.134 e. The van der Waals surface area contributed by atoms with Gasteiger partial charge in [0.05, 0.1) is 12.5 Å². The predicted octanol–water partition coefficient (Wildman–Crippen LogP) is 15.6. The number of fused-ring (bicyclic) bond motifs is 7. The number of aryl methyl sites for hydroxylation is 2. The Morgan fingerprint density at radius 3 is 1.08 bits per heavy atom. The topological polar surface area (TPSA) is 26.3 Å². The maximum atomic E-state index is 6.10. The molecule has 0 aliphatic carbocycles. The van der Waals surface area contributed by atoms with E-state index in [1.54, 1.807) is 0 Å². The van der Waals surface area contributed by atoms with Gasteiger partial charge < -0.3 is 8.83 Å². The number of rotatable bonds is 22. The van der Waals surface area contributed by atoms with Crippen LogP contribution in [0.3, 0.4) is 0 Å². The fourth-order valence-corrected chi connectivity index (χ4v) is 8.01. The van der Waals surface area contributed by atoms with Crippen molar-refractivity contribution in [1.29, 1.82) is 0 Å². The fraction of sp³-hybridized carbons (Fsp3) is 0.522. The zero-order valence-electron chi connectivity index (χ0n) is 30.1. The Morgan fingerprint density at radius 2 is 0.708 bits per heavy atom. The van der Waals surface area contributed by atoms with Crippen LogP contribution in [0.25, 0.3) is 54.3 Å². The molecule has 0 aliphatic heterocycles. The average Bonchev–Trinajstić information content (AvgIpc) is 3.70. The molecule has 0 unspecified atom stereocenters. The van der Waals surface area contributed by atoms with Crippen molar-refractivity contribution in [3.8, 4) is 0 Å². The van der Waals surface area contributed by atoms with Crippen LogP contribution >= 0.6 is 0 Å². The van der Waals surface area contributed by atoms with E-state index in [9.17, 15) is 0 Å². The van der Waals surface area contributed by atoms with E-state index in [0.717, 1.165) is 24.0 Å². The summed E-state index contributed by atoms with van der Waals surface area (Å²) >= 11 is 0. The molecule has 0 spiro atoms. The lowest BCUT2D eigenvalue weighted by Crippen LogP contribution is -1.87. The van der Waals surface area contributed by atoms with E-state index in [-0.39, 0.29) is 0 Å². The standard InChI is InChI=1S/C46H60O2/c1-3-5-7-9-11-13-15-17-19-21-23-37-33-47-45-29-35-25-28-40-39(41(35)31-43(37)45)27-26-36-30-46-44(32-42(36)40)38(34-48-46)24-22-20-18-16-14-12-10-8-6-4-2/h25-34H,3-24H2,1-2H3. The molecule has 2 heteroatoms. The summed E-state index contributed by atoms with van der Waals surface area (Å²) in [6, 6.07) is 18.5.